The highest BCUT2D eigenvalue weighted by atomic mass is 32.2. The lowest BCUT2D eigenvalue weighted by atomic mass is 10.2. The first-order chi connectivity index (χ1) is 12.9. The number of thioether (sulfide) groups is 1. The Balaban J connectivity index is 1.77. The number of carbonyl (C=O) groups excluding carboxylic acids is 2. The fraction of sp³-hybridized carbons (Fsp3) is 0.105. The minimum Gasteiger partial charge on any atom is -0.324 e. The molecule has 0 aromatic heterocycles. The molecule has 2 aromatic carbocycles. The van der Waals surface area contributed by atoms with E-state index in [1.165, 1.54) is 48.2 Å². The highest BCUT2D eigenvalue weighted by Gasteiger charge is 2.38. The van der Waals surface area contributed by atoms with Crippen LogP contribution >= 0.6 is 24.0 Å². The Labute approximate surface area is 164 Å². The lowest BCUT2D eigenvalue weighted by Gasteiger charge is -2.22. The van der Waals surface area contributed by atoms with E-state index in [-0.39, 0.29) is 14.8 Å². The van der Waals surface area contributed by atoms with E-state index in [1.807, 2.05) is 0 Å². The van der Waals surface area contributed by atoms with E-state index in [4.69, 9.17) is 12.2 Å². The fourth-order valence-electron chi connectivity index (χ4n) is 2.44. The van der Waals surface area contributed by atoms with Crippen LogP contribution < -0.4 is 5.32 Å². The summed E-state index contributed by atoms with van der Waals surface area (Å²) in [4.78, 5) is 26.5. The fourth-order valence-corrected chi connectivity index (χ4v) is 3.85. The molecule has 1 fully saturated rings. The molecule has 1 aliphatic heterocycles. The lowest BCUT2D eigenvalue weighted by molar-refractivity contribution is -0.129. The number of benzene rings is 2. The summed E-state index contributed by atoms with van der Waals surface area (Å²) in [7, 11) is 0. The van der Waals surface area contributed by atoms with Crippen molar-refractivity contribution in [2.45, 2.75) is 13.0 Å². The minimum absolute atomic E-state index is 0.212. The van der Waals surface area contributed by atoms with Crippen LogP contribution in [0.4, 0.5) is 14.5 Å². The second-order valence-corrected chi connectivity index (χ2v) is 7.42. The van der Waals surface area contributed by atoms with E-state index in [1.54, 1.807) is 18.2 Å². The average Bonchev–Trinajstić information content (AvgIpc) is 2.92. The summed E-state index contributed by atoms with van der Waals surface area (Å²) < 4.78 is 27.0. The largest absolute Gasteiger partial charge is 0.324 e. The van der Waals surface area contributed by atoms with Crippen LogP contribution in [0.2, 0.25) is 0 Å². The minimum atomic E-state index is -0.880. The lowest BCUT2D eigenvalue weighted by Crippen LogP contribution is -2.44. The molecule has 1 unspecified atom stereocenters. The van der Waals surface area contributed by atoms with Gasteiger partial charge in [0.15, 0.2) is 0 Å². The maximum atomic E-state index is 13.8. The Kier molecular flexibility index (Phi) is 5.67. The number of anilines is 1. The quantitative estimate of drug-likeness (QED) is 0.613. The monoisotopic (exact) mass is 404 g/mol. The number of hydrogen-bond acceptors (Lipinski definition) is 4. The number of halogens is 2. The first-order valence-electron chi connectivity index (χ1n) is 7.95. The van der Waals surface area contributed by atoms with Crippen LogP contribution in [0.3, 0.4) is 0 Å². The van der Waals surface area contributed by atoms with Crippen LogP contribution in [0.15, 0.2) is 53.4 Å². The van der Waals surface area contributed by atoms with Crippen LogP contribution in [-0.2, 0) is 9.59 Å². The molecule has 1 saturated heterocycles. The number of nitrogens with one attached hydrogen (secondary N) is 1. The van der Waals surface area contributed by atoms with Gasteiger partial charge in [-0.1, -0.05) is 42.2 Å². The first-order valence-corrected chi connectivity index (χ1v) is 9.17. The third-order valence-electron chi connectivity index (χ3n) is 3.89. The summed E-state index contributed by atoms with van der Waals surface area (Å²) in [6.07, 6.45) is 1.42. The van der Waals surface area contributed by atoms with Gasteiger partial charge in [0, 0.05) is 11.3 Å². The number of rotatable bonds is 4. The predicted octanol–water partition coefficient (Wildman–Crippen LogP) is 4.19. The van der Waals surface area contributed by atoms with Gasteiger partial charge in [0.1, 0.15) is 22.0 Å². The molecule has 0 spiro atoms. The SMILES string of the molecule is CC(C(=O)Nc1ccc(F)cc1)N1C(=O)/C(=C/c2ccccc2F)SC1=S. The van der Waals surface area contributed by atoms with Crippen molar-refractivity contribution in [3.63, 3.8) is 0 Å². The molecule has 0 bridgehead atoms. The number of thiocarbonyl (C=S) groups is 1. The standard InChI is InChI=1S/C19H14F2N2O2S2/c1-11(17(24)22-14-8-6-13(20)7-9-14)23-18(25)16(27-19(23)26)10-12-4-2-3-5-15(12)21/h2-11H,1H3,(H,22,24)/b16-10-. The van der Waals surface area contributed by atoms with Gasteiger partial charge >= 0.3 is 0 Å². The maximum absolute atomic E-state index is 13.8. The zero-order chi connectivity index (χ0) is 19.6. The van der Waals surface area contributed by atoms with Crippen molar-refractivity contribution in [3.05, 3.63) is 70.6 Å². The summed E-state index contributed by atoms with van der Waals surface area (Å²) in [5.41, 5.74) is 0.669. The van der Waals surface area contributed by atoms with Gasteiger partial charge in [-0.25, -0.2) is 8.78 Å². The van der Waals surface area contributed by atoms with Crippen LogP contribution in [0, 0.1) is 11.6 Å². The van der Waals surface area contributed by atoms with Crippen molar-refractivity contribution < 1.29 is 18.4 Å². The molecule has 1 heterocycles. The van der Waals surface area contributed by atoms with Crippen LogP contribution in [0.1, 0.15) is 12.5 Å². The molecule has 2 aromatic rings. The van der Waals surface area contributed by atoms with Crippen LogP contribution in [0.5, 0.6) is 0 Å². The van der Waals surface area contributed by atoms with Gasteiger partial charge in [-0.05, 0) is 43.3 Å². The number of hydrogen-bond donors (Lipinski definition) is 1. The van der Waals surface area contributed by atoms with E-state index in [0.717, 1.165) is 11.8 Å². The summed E-state index contributed by atoms with van der Waals surface area (Å²) in [6.45, 7) is 1.54. The molecule has 2 amide bonds. The van der Waals surface area contributed by atoms with Gasteiger partial charge in [0.2, 0.25) is 5.91 Å². The topological polar surface area (TPSA) is 49.4 Å². The highest BCUT2D eigenvalue weighted by molar-refractivity contribution is 8.26. The van der Waals surface area contributed by atoms with Gasteiger partial charge in [-0.15, -0.1) is 0 Å². The molecule has 1 aliphatic rings. The van der Waals surface area contributed by atoms with E-state index in [9.17, 15) is 18.4 Å². The Hall–Kier alpha value is -2.58. The molecule has 0 radical (unpaired) electrons. The van der Waals surface area contributed by atoms with Gasteiger partial charge in [0.25, 0.3) is 5.91 Å². The molecule has 4 nitrogen and oxygen atoms in total. The Morgan fingerprint density at radius 2 is 1.85 bits per heavy atom. The smallest absolute Gasteiger partial charge is 0.266 e. The summed E-state index contributed by atoms with van der Waals surface area (Å²) in [5.74, 6) is -1.80. The van der Waals surface area contributed by atoms with Crippen molar-refractivity contribution >= 4 is 51.9 Å². The van der Waals surface area contributed by atoms with Gasteiger partial charge < -0.3 is 5.32 Å². The van der Waals surface area contributed by atoms with Crippen molar-refractivity contribution in [2.24, 2.45) is 0 Å². The van der Waals surface area contributed by atoms with Gasteiger partial charge in [-0.2, -0.15) is 0 Å². The third-order valence-corrected chi connectivity index (χ3v) is 5.22. The Morgan fingerprint density at radius 1 is 1.19 bits per heavy atom. The van der Waals surface area contributed by atoms with Crippen molar-refractivity contribution in [3.8, 4) is 0 Å². The van der Waals surface area contributed by atoms with Crippen molar-refractivity contribution in [2.75, 3.05) is 5.32 Å². The highest BCUT2D eigenvalue weighted by Crippen LogP contribution is 2.34. The van der Waals surface area contributed by atoms with Crippen molar-refractivity contribution in [1.82, 2.24) is 4.90 Å². The zero-order valence-corrected chi connectivity index (χ0v) is 15.7. The number of carbonyl (C=O) groups is 2. The van der Waals surface area contributed by atoms with E-state index < -0.39 is 29.5 Å². The summed E-state index contributed by atoms with van der Waals surface area (Å²) >= 11 is 6.24. The van der Waals surface area contributed by atoms with Crippen LogP contribution in [0.25, 0.3) is 6.08 Å². The van der Waals surface area contributed by atoms with E-state index in [0.29, 0.717) is 5.69 Å². The van der Waals surface area contributed by atoms with Gasteiger partial charge in [0.05, 0.1) is 4.91 Å². The summed E-state index contributed by atoms with van der Waals surface area (Å²) in [6, 6.07) is 10.5. The Morgan fingerprint density at radius 3 is 2.52 bits per heavy atom. The average molecular weight is 404 g/mol. The third kappa shape index (κ3) is 4.23. The maximum Gasteiger partial charge on any atom is 0.266 e. The van der Waals surface area contributed by atoms with E-state index in [2.05, 4.69) is 5.32 Å². The molecule has 27 heavy (non-hydrogen) atoms. The number of amides is 2. The molecule has 8 heteroatoms. The normalized spacial score (nSPS) is 16.7. The second kappa shape index (κ2) is 7.98. The van der Waals surface area contributed by atoms with Crippen LogP contribution in [-0.4, -0.2) is 27.1 Å². The van der Waals surface area contributed by atoms with Crippen molar-refractivity contribution in [1.29, 1.82) is 0 Å². The molecule has 0 aliphatic carbocycles. The summed E-state index contributed by atoms with van der Waals surface area (Å²) in [5, 5.41) is 2.61. The first kappa shape index (κ1) is 19.2. The Bertz CT molecular complexity index is 945. The predicted molar refractivity (Wildman–Crippen MR) is 106 cm³/mol. The van der Waals surface area contributed by atoms with Gasteiger partial charge in [-0.3, -0.25) is 14.5 Å². The second-order valence-electron chi connectivity index (χ2n) is 5.75. The molecule has 3 rings (SSSR count). The molecular weight excluding hydrogens is 390 g/mol. The molecule has 1 N–H and O–H groups in total. The molecule has 138 valence electrons. The molecule has 1 atom stereocenters. The zero-order valence-electron chi connectivity index (χ0n) is 14.1. The molecule has 0 saturated carbocycles. The molecular formula is C19H14F2N2O2S2. The number of nitrogens with zero attached hydrogens (tertiary/aromatic N) is 1. The van der Waals surface area contributed by atoms with E-state index >= 15 is 0 Å².